The van der Waals surface area contributed by atoms with Crippen molar-refractivity contribution in [1.82, 2.24) is 40.6 Å². The monoisotopic (exact) mass is 688 g/mol. The Hall–Kier alpha value is -2.20. The van der Waals surface area contributed by atoms with E-state index >= 15 is 0 Å². The highest BCUT2D eigenvalue weighted by atomic mass is 33.1. The lowest BCUT2D eigenvalue weighted by atomic mass is 10.2. The third-order valence-corrected chi connectivity index (χ3v) is 10.4. The number of aromatic nitrogens is 8. The standard InChI is InChI=1S/C14H24N6O2S2.C10H16N6O2S2/c1-7(2)11-17-13(21-19-11)9(15)5-23-24-6-10(16)14-18-12(8(3)4)20-22-14;1-5-13-9(17-15-5)7(11)3-19-20-4-8(12)10-14-6(2)16-18-10/h7-10H,5-6,15-16H2,1-4H3;7-8H,3-4,11-12H2,1-2H3/t9-,10-;7-,8-/m00/s1. The number of nitrogens with two attached hydrogens (primary N) is 4. The minimum Gasteiger partial charge on any atom is -0.338 e. The highest BCUT2D eigenvalue weighted by molar-refractivity contribution is 8.77. The van der Waals surface area contributed by atoms with Crippen molar-refractivity contribution < 1.29 is 18.1 Å². The van der Waals surface area contributed by atoms with Crippen LogP contribution in [0, 0.1) is 13.8 Å². The molecule has 20 heteroatoms. The van der Waals surface area contributed by atoms with Crippen LogP contribution in [0.5, 0.6) is 0 Å². The van der Waals surface area contributed by atoms with Crippen LogP contribution in [-0.2, 0) is 0 Å². The molecule has 0 aliphatic carbocycles. The predicted molar refractivity (Wildman–Crippen MR) is 172 cm³/mol. The van der Waals surface area contributed by atoms with Crippen LogP contribution in [0.2, 0.25) is 0 Å². The minimum absolute atomic E-state index is 0.222. The Morgan fingerprint density at radius 2 is 0.750 bits per heavy atom. The number of rotatable bonds is 16. The maximum absolute atomic E-state index is 6.07. The van der Waals surface area contributed by atoms with Gasteiger partial charge in [-0.3, -0.25) is 0 Å². The highest BCUT2D eigenvalue weighted by Crippen LogP contribution is 2.30. The second-order valence-electron chi connectivity index (χ2n) is 10.2. The van der Waals surface area contributed by atoms with Crippen LogP contribution < -0.4 is 22.9 Å². The molecule has 4 heterocycles. The van der Waals surface area contributed by atoms with Crippen LogP contribution in [0.4, 0.5) is 0 Å². The Bertz CT molecular complexity index is 1280. The van der Waals surface area contributed by atoms with E-state index in [2.05, 4.69) is 40.6 Å². The maximum Gasteiger partial charge on any atom is 0.244 e. The third-order valence-electron chi connectivity index (χ3n) is 5.46. The van der Waals surface area contributed by atoms with E-state index in [0.717, 1.165) is 0 Å². The van der Waals surface area contributed by atoms with Gasteiger partial charge < -0.3 is 41.0 Å². The molecular weight excluding hydrogens is 649 g/mol. The van der Waals surface area contributed by atoms with E-state index in [1.165, 1.54) is 0 Å². The van der Waals surface area contributed by atoms with Crippen LogP contribution in [-0.4, -0.2) is 63.6 Å². The molecule has 0 bridgehead atoms. The van der Waals surface area contributed by atoms with Crippen LogP contribution >= 0.6 is 43.2 Å². The summed E-state index contributed by atoms with van der Waals surface area (Å²) in [4.78, 5) is 16.8. The van der Waals surface area contributed by atoms with Gasteiger partial charge in [-0.25, -0.2) is 0 Å². The molecule has 0 saturated heterocycles. The quantitative estimate of drug-likeness (QED) is 0.0959. The summed E-state index contributed by atoms with van der Waals surface area (Å²) in [7, 11) is 6.39. The molecular formula is C24H40N12O4S4. The van der Waals surface area contributed by atoms with Crippen molar-refractivity contribution in [3.8, 4) is 0 Å². The van der Waals surface area contributed by atoms with Crippen molar-refractivity contribution in [3.05, 3.63) is 46.9 Å². The second kappa shape index (κ2) is 18.1. The largest absolute Gasteiger partial charge is 0.338 e. The van der Waals surface area contributed by atoms with Gasteiger partial charge in [0.25, 0.3) is 0 Å². The van der Waals surface area contributed by atoms with Gasteiger partial charge in [-0.15, -0.1) is 0 Å². The molecule has 4 aromatic rings. The number of hydrogen-bond donors (Lipinski definition) is 4. The Balaban J connectivity index is 0.000000244. The summed E-state index contributed by atoms with van der Waals surface area (Å²) >= 11 is 0. The fourth-order valence-electron chi connectivity index (χ4n) is 2.96. The average molecular weight is 689 g/mol. The van der Waals surface area contributed by atoms with Gasteiger partial charge in [0.2, 0.25) is 23.6 Å². The van der Waals surface area contributed by atoms with Crippen molar-refractivity contribution >= 4 is 43.2 Å². The molecule has 0 fully saturated rings. The lowest BCUT2D eigenvalue weighted by Gasteiger charge is -2.08. The van der Waals surface area contributed by atoms with Gasteiger partial charge in [-0.05, 0) is 13.8 Å². The summed E-state index contributed by atoms with van der Waals surface area (Å²) in [6, 6.07) is -1.16. The molecule has 4 aromatic heterocycles. The van der Waals surface area contributed by atoms with Gasteiger partial charge in [0.05, 0.1) is 24.2 Å². The summed E-state index contributed by atoms with van der Waals surface area (Å²) in [5.41, 5.74) is 24.0. The molecule has 16 nitrogen and oxygen atoms in total. The minimum atomic E-state index is -0.297. The third kappa shape index (κ3) is 11.6. The smallest absolute Gasteiger partial charge is 0.244 e. The predicted octanol–water partition coefficient (Wildman–Crippen LogP) is 3.93. The molecule has 8 N–H and O–H groups in total. The summed E-state index contributed by atoms with van der Waals surface area (Å²) in [6.07, 6.45) is 0. The van der Waals surface area contributed by atoms with E-state index < -0.39 is 0 Å². The SMILES string of the molecule is CC(C)c1noc([C@@H](N)CSSC[C@H](N)c2nc(C(C)C)no2)n1.Cc1noc([C@@H](N)CSSC[C@H](N)c2nc(C)no2)n1. The summed E-state index contributed by atoms with van der Waals surface area (Å²) in [6.45, 7) is 11.5. The van der Waals surface area contributed by atoms with Gasteiger partial charge in [-0.2, -0.15) is 19.9 Å². The molecule has 4 atom stereocenters. The first-order chi connectivity index (χ1) is 20.9. The second-order valence-corrected chi connectivity index (χ2v) is 15.3. The van der Waals surface area contributed by atoms with Crippen LogP contribution in [0.1, 0.15) is 111 Å². The Labute approximate surface area is 271 Å². The number of hydrogen-bond acceptors (Lipinski definition) is 20. The summed E-state index contributed by atoms with van der Waals surface area (Å²) < 4.78 is 20.4. The topological polar surface area (TPSA) is 260 Å². The van der Waals surface area contributed by atoms with E-state index in [0.29, 0.717) is 69.9 Å². The molecule has 4 rings (SSSR count). The van der Waals surface area contributed by atoms with Crippen molar-refractivity contribution in [1.29, 1.82) is 0 Å². The van der Waals surface area contributed by atoms with E-state index in [1.54, 1.807) is 57.0 Å². The summed E-state index contributed by atoms with van der Waals surface area (Å²) in [5.74, 6) is 7.42. The van der Waals surface area contributed by atoms with Crippen LogP contribution in [0.15, 0.2) is 18.1 Å². The maximum atomic E-state index is 6.07. The van der Waals surface area contributed by atoms with Crippen molar-refractivity contribution in [2.75, 3.05) is 23.0 Å². The first kappa shape index (κ1) is 36.3. The molecule has 0 radical (unpaired) electrons. The molecule has 0 aromatic carbocycles. The van der Waals surface area contributed by atoms with E-state index in [-0.39, 0.29) is 36.0 Å². The zero-order valence-corrected chi connectivity index (χ0v) is 28.7. The van der Waals surface area contributed by atoms with E-state index in [9.17, 15) is 0 Å². The highest BCUT2D eigenvalue weighted by Gasteiger charge is 2.20. The number of aryl methyl sites for hydroxylation is 2. The van der Waals surface area contributed by atoms with Crippen molar-refractivity contribution in [3.63, 3.8) is 0 Å². The fraction of sp³-hybridized carbons (Fsp3) is 0.667. The van der Waals surface area contributed by atoms with Crippen LogP contribution in [0.25, 0.3) is 0 Å². The number of nitrogens with zero attached hydrogens (tertiary/aromatic N) is 8. The van der Waals surface area contributed by atoms with Crippen molar-refractivity contribution in [2.24, 2.45) is 22.9 Å². The molecule has 0 spiro atoms. The van der Waals surface area contributed by atoms with Gasteiger partial charge in [0.1, 0.15) is 0 Å². The Morgan fingerprint density at radius 1 is 0.477 bits per heavy atom. The zero-order valence-electron chi connectivity index (χ0n) is 25.4. The van der Waals surface area contributed by atoms with Gasteiger partial charge >= 0.3 is 0 Å². The first-order valence-corrected chi connectivity index (χ1v) is 18.7. The lowest BCUT2D eigenvalue weighted by molar-refractivity contribution is 0.357. The van der Waals surface area contributed by atoms with E-state index in [1.807, 2.05) is 27.7 Å². The molecule has 0 aliphatic heterocycles. The Kier molecular flexibility index (Phi) is 14.9. The molecule has 0 aliphatic rings. The molecule has 0 amide bonds. The average Bonchev–Trinajstić information content (AvgIpc) is 3.80. The summed E-state index contributed by atoms with van der Waals surface area (Å²) in [5, 5.41) is 15.3. The normalized spacial score (nSPS) is 14.5. The Morgan fingerprint density at radius 3 is 0.977 bits per heavy atom. The molecule has 0 unspecified atom stereocenters. The van der Waals surface area contributed by atoms with E-state index in [4.69, 9.17) is 41.0 Å². The van der Waals surface area contributed by atoms with Gasteiger partial charge in [0.15, 0.2) is 23.3 Å². The lowest BCUT2D eigenvalue weighted by Crippen LogP contribution is -2.15. The first-order valence-electron chi connectivity index (χ1n) is 13.7. The fourth-order valence-corrected chi connectivity index (χ4v) is 7.42. The molecule has 44 heavy (non-hydrogen) atoms. The van der Waals surface area contributed by atoms with Crippen molar-refractivity contribution in [2.45, 2.75) is 77.5 Å². The molecule has 0 saturated carbocycles. The van der Waals surface area contributed by atoms with Gasteiger partial charge in [0, 0.05) is 34.8 Å². The zero-order chi connectivity index (χ0) is 32.2. The molecule has 244 valence electrons. The van der Waals surface area contributed by atoms with Gasteiger partial charge in [-0.1, -0.05) is 91.5 Å². The van der Waals surface area contributed by atoms with Crippen LogP contribution in [0.3, 0.4) is 0 Å².